The summed E-state index contributed by atoms with van der Waals surface area (Å²) in [7, 11) is 0. The summed E-state index contributed by atoms with van der Waals surface area (Å²) in [4.78, 5) is 50.3. The molecule has 0 aromatic carbocycles. The highest BCUT2D eigenvalue weighted by Gasteiger charge is 2.39. The van der Waals surface area contributed by atoms with Crippen LogP contribution in [0.2, 0.25) is 0 Å². The fourth-order valence-corrected chi connectivity index (χ4v) is 3.35. The van der Waals surface area contributed by atoms with Crippen molar-refractivity contribution in [1.82, 2.24) is 15.5 Å². The lowest BCUT2D eigenvalue weighted by Crippen LogP contribution is -2.59. The molecule has 1 saturated heterocycles. The third-order valence-electron chi connectivity index (χ3n) is 5.17. The van der Waals surface area contributed by atoms with Gasteiger partial charge in [0.2, 0.25) is 17.7 Å². The second-order valence-corrected chi connectivity index (χ2v) is 7.89. The molecule has 3 amide bonds. The van der Waals surface area contributed by atoms with E-state index in [0.29, 0.717) is 38.8 Å². The van der Waals surface area contributed by atoms with Crippen molar-refractivity contribution in [3.63, 3.8) is 0 Å². The Bertz CT molecular complexity index is 614. The second kappa shape index (κ2) is 12.5. The first-order chi connectivity index (χ1) is 14.1. The maximum Gasteiger partial charge on any atom is 0.326 e. The predicted molar refractivity (Wildman–Crippen MR) is 109 cm³/mol. The number of aliphatic hydroxyl groups is 1. The topological polar surface area (TPSA) is 188 Å². The Morgan fingerprint density at radius 1 is 1.13 bits per heavy atom. The Morgan fingerprint density at radius 3 is 2.33 bits per heavy atom. The molecule has 1 rings (SSSR count). The molecule has 1 fully saturated rings. The van der Waals surface area contributed by atoms with Gasteiger partial charge in [-0.25, -0.2) is 4.79 Å². The molecule has 0 spiro atoms. The van der Waals surface area contributed by atoms with Crippen molar-refractivity contribution in [2.45, 2.75) is 70.1 Å². The van der Waals surface area contributed by atoms with Crippen LogP contribution in [0, 0.1) is 5.92 Å². The number of amides is 3. The van der Waals surface area contributed by atoms with E-state index in [1.54, 1.807) is 13.8 Å². The number of unbranched alkanes of at least 4 members (excludes halogenated alkanes) is 1. The summed E-state index contributed by atoms with van der Waals surface area (Å²) in [5, 5.41) is 23.8. The van der Waals surface area contributed by atoms with E-state index in [4.69, 9.17) is 11.5 Å². The van der Waals surface area contributed by atoms with E-state index in [0.717, 1.165) is 6.42 Å². The Kier molecular flexibility index (Phi) is 10.7. The van der Waals surface area contributed by atoms with Gasteiger partial charge >= 0.3 is 5.97 Å². The highest BCUT2D eigenvalue weighted by atomic mass is 16.4. The number of hydrogen-bond donors (Lipinski definition) is 6. The lowest BCUT2D eigenvalue weighted by molar-refractivity contribution is -0.150. The number of carboxylic acid groups (broad SMARTS) is 1. The summed E-state index contributed by atoms with van der Waals surface area (Å²) < 4.78 is 0. The lowest BCUT2D eigenvalue weighted by Gasteiger charge is -2.30. The maximum absolute atomic E-state index is 12.9. The first-order valence-corrected chi connectivity index (χ1v) is 10.3. The summed E-state index contributed by atoms with van der Waals surface area (Å²) in [6.07, 6.45) is 2.69. The minimum absolute atomic E-state index is 0.298. The number of carbonyl (C=O) groups excluding carboxylic acids is 3. The van der Waals surface area contributed by atoms with Crippen LogP contribution in [0.1, 0.15) is 46.0 Å². The Balaban J connectivity index is 2.77. The van der Waals surface area contributed by atoms with Gasteiger partial charge in [-0.2, -0.15) is 0 Å². The minimum Gasteiger partial charge on any atom is -0.480 e. The highest BCUT2D eigenvalue weighted by molar-refractivity contribution is 5.94. The molecule has 172 valence electrons. The van der Waals surface area contributed by atoms with Gasteiger partial charge in [0.25, 0.3) is 0 Å². The van der Waals surface area contributed by atoms with E-state index in [-0.39, 0.29) is 5.92 Å². The number of nitrogens with two attached hydrogens (primary N) is 2. The maximum atomic E-state index is 12.9. The van der Waals surface area contributed by atoms with Crippen LogP contribution >= 0.6 is 0 Å². The van der Waals surface area contributed by atoms with Gasteiger partial charge in [-0.05, 0) is 38.1 Å². The summed E-state index contributed by atoms with van der Waals surface area (Å²) >= 11 is 0. The molecule has 4 atom stereocenters. The molecule has 11 nitrogen and oxygen atoms in total. The van der Waals surface area contributed by atoms with Gasteiger partial charge in [0.05, 0.1) is 12.6 Å². The number of hydrogen-bond acceptors (Lipinski definition) is 7. The van der Waals surface area contributed by atoms with Crippen molar-refractivity contribution >= 4 is 23.7 Å². The van der Waals surface area contributed by atoms with Gasteiger partial charge in [-0.1, -0.05) is 20.3 Å². The zero-order valence-corrected chi connectivity index (χ0v) is 17.7. The van der Waals surface area contributed by atoms with E-state index in [9.17, 15) is 29.4 Å². The molecule has 0 bridgehead atoms. The molecule has 1 aliphatic heterocycles. The number of aliphatic carboxylic acids is 1. The van der Waals surface area contributed by atoms with E-state index < -0.39 is 54.5 Å². The molecule has 0 radical (unpaired) electrons. The van der Waals surface area contributed by atoms with Crippen LogP contribution < -0.4 is 22.1 Å². The quantitative estimate of drug-likeness (QED) is 0.195. The van der Waals surface area contributed by atoms with Crippen LogP contribution in [0.4, 0.5) is 0 Å². The van der Waals surface area contributed by atoms with Crippen LogP contribution in [0.3, 0.4) is 0 Å². The average molecular weight is 430 g/mol. The van der Waals surface area contributed by atoms with Crippen molar-refractivity contribution in [3.05, 3.63) is 0 Å². The summed E-state index contributed by atoms with van der Waals surface area (Å²) in [6, 6.07) is -4.03. The Morgan fingerprint density at radius 2 is 1.80 bits per heavy atom. The highest BCUT2D eigenvalue weighted by Crippen LogP contribution is 2.20. The zero-order valence-electron chi connectivity index (χ0n) is 17.7. The van der Waals surface area contributed by atoms with Crippen molar-refractivity contribution in [2.75, 3.05) is 19.7 Å². The van der Waals surface area contributed by atoms with Crippen molar-refractivity contribution in [3.8, 4) is 0 Å². The van der Waals surface area contributed by atoms with Crippen LogP contribution in [0.15, 0.2) is 0 Å². The zero-order chi connectivity index (χ0) is 22.8. The number of likely N-dealkylation sites (tertiary alicyclic amines) is 1. The van der Waals surface area contributed by atoms with Crippen molar-refractivity contribution < 1.29 is 29.4 Å². The number of carbonyl (C=O) groups is 4. The molecule has 0 saturated carbocycles. The van der Waals surface area contributed by atoms with Gasteiger partial charge in [0, 0.05) is 6.54 Å². The lowest BCUT2D eigenvalue weighted by atomic mass is 10.0. The van der Waals surface area contributed by atoms with Crippen LogP contribution in [0.25, 0.3) is 0 Å². The van der Waals surface area contributed by atoms with Crippen LogP contribution in [0.5, 0.6) is 0 Å². The molecule has 1 heterocycles. The van der Waals surface area contributed by atoms with Crippen LogP contribution in [-0.2, 0) is 19.2 Å². The molecule has 30 heavy (non-hydrogen) atoms. The molecular weight excluding hydrogens is 394 g/mol. The van der Waals surface area contributed by atoms with Crippen molar-refractivity contribution in [2.24, 2.45) is 17.4 Å². The normalized spacial score (nSPS) is 19.3. The number of rotatable bonds is 12. The molecule has 11 heteroatoms. The number of aliphatic hydroxyl groups excluding tert-OH is 1. The SMILES string of the molecule is CC(C)C(NC(=O)C(CO)NC(=O)C(N)CCCCN)C(=O)N1CCCC1C(=O)O. The fraction of sp³-hybridized carbons (Fsp3) is 0.789. The molecule has 0 aromatic rings. The first-order valence-electron chi connectivity index (χ1n) is 10.3. The molecular formula is C19H35N5O6. The van der Waals surface area contributed by atoms with Gasteiger partial charge in [-0.3, -0.25) is 14.4 Å². The number of nitrogens with one attached hydrogen (secondary N) is 2. The Labute approximate surface area is 176 Å². The van der Waals surface area contributed by atoms with Crippen LogP contribution in [-0.4, -0.2) is 82.7 Å². The molecule has 0 aromatic heterocycles. The van der Waals surface area contributed by atoms with E-state index in [1.165, 1.54) is 4.90 Å². The summed E-state index contributed by atoms with van der Waals surface area (Å²) in [6.45, 7) is 3.55. The Hall–Kier alpha value is -2.24. The van der Waals surface area contributed by atoms with E-state index in [1.807, 2.05) is 0 Å². The average Bonchev–Trinajstić information content (AvgIpc) is 3.19. The predicted octanol–water partition coefficient (Wildman–Crippen LogP) is -1.86. The molecule has 0 aliphatic carbocycles. The van der Waals surface area contributed by atoms with Gasteiger partial charge < -0.3 is 37.2 Å². The fourth-order valence-electron chi connectivity index (χ4n) is 3.35. The van der Waals surface area contributed by atoms with Gasteiger partial charge in [-0.15, -0.1) is 0 Å². The van der Waals surface area contributed by atoms with Crippen molar-refractivity contribution in [1.29, 1.82) is 0 Å². The minimum atomic E-state index is -1.28. The van der Waals surface area contributed by atoms with E-state index in [2.05, 4.69) is 10.6 Å². The standard InChI is InChI=1S/C19H35N5O6/c1-11(2)15(18(28)24-9-5-7-14(24)19(29)30)23-17(27)13(10-25)22-16(26)12(21)6-3-4-8-20/h11-15,25H,3-10,20-21H2,1-2H3,(H,22,26)(H,23,27)(H,29,30). The molecule has 1 aliphatic rings. The second-order valence-electron chi connectivity index (χ2n) is 7.89. The summed E-state index contributed by atoms with van der Waals surface area (Å²) in [5.41, 5.74) is 11.2. The third kappa shape index (κ3) is 7.22. The summed E-state index contributed by atoms with van der Waals surface area (Å²) in [5.74, 6) is -3.23. The monoisotopic (exact) mass is 429 g/mol. The third-order valence-corrected chi connectivity index (χ3v) is 5.17. The smallest absolute Gasteiger partial charge is 0.326 e. The molecule has 4 unspecified atom stereocenters. The van der Waals surface area contributed by atoms with E-state index >= 15 is 0 Å². The molecule has 8 N–H and O–H groups in total. The number of carboxylic acids is 1. The first kappa shape index (κ1) is 25.8. The number of nitrogens with zero attached hydrogens (tertiary/aromatic N) is 1. The van der Waals surface area contributed by atoms with Gasteiger partial charge in [0.1, 0.15) is 18.1 Å². The largest absolute Gasteiger partial charge is 0.480 e. The van der Waals surface area contributed by atoms with Gasteiger partial charge in [0.15, 0.2) is 0 Å².